The van der Waals surface area contributed by atoms with Crippen molar-refractivity contribution >= 4 is 11.5 Å². The molecule has 0 bridgehead atoms. The molecule has 0 amide bonds. The number of carbonyl (C=O) groups is 1. The van der Waals surface area contributed by atoms with Crippen LogP contribution in [-0.4, -0.2) is 24.4 Å². The van der Waals surface area contributed by atoms with E-state index in [2.05, 4.69) is 15.0 Å². The number of azo groups is 1. The molecule has 0 radical (unpaired) electrons. The predicted octanol–water partition coefficient (Wildman–Crippen LogP) is 4.96. The van der Waals surface area contributed by atoms with Gasteiger partial charge in [-0.25, -0.2) is 0 Å². The normalized spacial score (nSPS) is 12.2. The van der Waals surface area contributed by atoms with Crippen molar-refractivity contribution in [1.29, 1.82) is 0 Å². The summed E-state index contributed by atoms with van der Waals surface area (Å²) in [5.41, 5.74) is 0.0752. The highest BCUT2D eigenvalue weighted by atomic mass is 19.4. The van der Waals surface area contributed by atoms with Crippen LogP contribution in [0.5, 0.6) is 11.5 Å². The van der Waals surface area contributed by atoms with Crippen LogP contribution in [0.3, 0.4) is 0 Å². The van der Waals surface area contributed by atoms with Gasteiger partial charge < -0.3 is 14.6 Å². The third-order valence-corrected chi connectivity index (χ3v) is 3.05. The van der Waals surface area contributed by atoms with Crippen LogP contribution in [0.1, 0.15) is 10.4 Å². The first-order chi connectivity index (χ1) is 12.3. The average molecular weight is 366 g/mol. The van der Waals surface area contributed by atoms with Gasteiger partial charge in [-0.2, -0.15) is 5.11 Å². The molecule has 0 saturated carbocycles. The van der Waals surface area contributed by atoms with E-state index in [1.807, 2.05) is 0 Å². The van der Waals surface area contributed by atoms with Crippen LogP contribution in [0, 0.1) is 0 Å². The van der Waals surface area contributed by atoms with E-state index >= 15 is 0 Å². The summed E-state index contributed by atoms with van der Waals surface area (Å²) < 4.78 is 45.0. The molecule has 0 aromatic heterocycles. The molecule has 0 heterocycles. The van der Waals surface area contributed by atoms with Gasteiger partial charge in [-0.15, -0.1) is 18.3 Å². The summed E-state index contributed by atoms with van der Waals surface area (Å²) in [6.07, 6.45) is -4.29. The van der Waals surface area contributed by atoms with E-state index in [1.54, 1.807) is 12.1 Å². The lowest BCUT2D eigenvalue weighted by atomic mass is 10.1. The molecule has 2 aromatic carbocycles. The number of methoxy groups -OCH3 is 1. The Morgan fingerprint density at radius 3 is 2.12 bits per heavy atom. The Morgan fingerprint density at radius 2 is 1.62 bits per heavy atom. The first-order valence-corrected chi connectivity index (χ1v) is 7.13. The first-order valence-electron chi connectivity index (χ1n) is 7.13. The Balaban J connectivity index is 2.10. The Morgan fingerprint density at radius 1 is 1.04 bits per heavy atom. The maximum Gasteiger partial charge on any atom is 0.573 e. The van der Waals surface area contributed by atoms with E-state index in [-0.39, 0.29) is 16.9 Å². The van der Waals surface area contributed by atoms with Gasteiger partial charge in [0.05, 0.1) is 12.8 Å². The summed E-state index contributed by atoms with van der Waals surface area (Å²) in [5.74, 6) is -0.446. The average Bonchev–Trinajstić information content (AvgIpc) is 2.62. The van der Waals surface area contributed by atoms with Crippen LogP contribution in [0.2, 0.25) is 0 Å². The fourth-order valence-corrected chi connectivity index (χ4v) is 1.85. The molecule has 2 rings (SSSR count). The highest BCUT2D eigenvalue weighted by Crippen LogP contribution is 2.25. The number of rotatable bonds is 6. The van der Waals surface area contributed by atoms with Gasteiger partial charge in [-0.05, 0) is 48.5 Å². The molecule has 0 spiro atoms. The molecule has 9 heteroatoms. The molecule has 0 unspecified atom stereocenters. The number of benzene rings is 2. The molecule has 1 N–H and O–H groups in total. The molecule has 0 aliphatic rings. The summed E-state index contributed by atoms with van der Waals surface area (Å²) in [7, 11) is 1.48. The smallest absolute Gasteiger partial charge is 0.513 e. The van der Waals surface area contributed by atoms with Crippen molar-refractivity contribution in [3.8, 4) is 11.5 Å². The van der Waals surface area contributed by atoms with Crippen LogP contribution in [0.15, 0.2) is 70.7 Å². The molecule has 0 fully saturated rings. The number of allylic oxidation sites excluding steroid dienone is 1. The molecular formula is C17H13F3N2O4. The van der Waals surface area contributed by atoms with E-state index in [1.165, 1.54) is 31.4 Å². The molecule has 0 saturated heterocycles. The molecule has 2 aromatic rings. The third kappa shape index (κ3) is 5.33. The number of aliphatic hydroxyl groups excluding tert-OH is 1. The fraction of sp³-hybridized carbons (Fsp3) is 0.118. The van der Waals surface area contributed by atoms with Gasteiger partial charge in [0, 0.05) is 5.56 Å². The van der Waals surface area contributed by atoms with Crippen molar-refractivity contribution in [2.24, 2.45) is 10.2 Å². The second-order valence-corrected chi connectivity index (χ2v) is 4.81. The maximum absolute atomic E-state index is 12.2. The Kier molecular flexibility index (Phi) is 5.94. The van der Waals surface area contributed by atoms with Crippen molar-refractivity contribution in [1.82, 2.24) is 0 Å². The molecule has 0 atom stereocenters. The van der Waals surface area contributed by atoms with Crippen LogP contribution in [0.25, 0.3) is 0 Å². The number of aliphatic hydroxyl groups is 1. The third-order valence-electron chi connectivity index (χ3n) is 3.05. The van der Waals surface area contributed by atoms with Crippen molar-refractivity contribution in [3.05, 3.63) is 66.1 Å². The molecule has 0 aliphatic carbocycles. The number of hydrogen-bond donors (Lipinski definition) is 1. The van der Waals surface area contributed by atoms with Gasteiger partial charge in [-0.3, -0.25) is 4.79 Å². The molecule has 26 heavy (non-hydrogen) atoms. The highest BCUT2D eigenvalue weighted by molar-refractivity contribution is 6.08. The standard InChI is InChI=1S/C17H13F3N2O4/c1-25-13-6-2-11(3-7-13)16(24)15(10-23)22-21-12-4-8-14(9-5-12)26-17(18,19)20/h2-10,23H,1H3/b15-10+,22-21?. The van der Waals surface area contributed by atoms with Crippen LogP contribution in [0.4, 0.5) is 18.9 Å². The molecule has 6 nitrogen and oxygen atoms in total. The number of Topliss-reactive ketones (excluding diaryl/α,β-unsaturated/α-hetero) is 1. The summed E-state index contributed by atoms with van der Waals surface area (Å²) >= 11 is 0. The monoisotopic (exact) mass is 366 g/mol. The lowest BCUT2D eigenvalue weighted by molar-refractivity contribution is -0.274. The SMILES string of the molecule is COc1ccc(C(=O)/C(=C\O)N=Nc2ccc(OC(F)(F)F)cc2)cc1. The number of ether oxygens (including phenoxy) is 2. The number of hydrogen-bond acceptors (Lipinski definition) is 6. The fourth-order valence-electron chi connectivity index (χ4n) is 1.85. The summed E-state index contributed by atoms with van der Waals surface area (Å²) in [4.78, 5) is 12.2. The van der Waals surface area contributed by atoms with E-state index in [0.717, 1.165) is 12.1 Å². The minimum atomic E-state index is -4.79. The van der Waals surface area contributed by atoms with Crippen LogP contribution in [-0.2, 0) is 0 Å². The Bertz CT molecular complexity index is 813. The zero-order valence-electron chi connectivity index (χ0n) is 13.4. The quantitative estimate of drug-likeness (QED) is 0.339. The number of carbonyl (C=O) groups excluding carboxylic acids is 1. The van der Waals surface area contributed by atoms with Crippen LogP contribution < -0.4 is 9.47 Å². The minimum absolute atomic E-state index is 0.168. The van der Waals surface area contributed by atoms with Crippen molar-refractivity contribution in [3.63, 3.8) is 0 Å². The zero-order valence-corrected chi connectivity index (χ0v) is 13.4. The summed E-state index contributed by atoms with van der Waals surface area (Å²) in [5, 5.41) is 16.5. The van der Waals surface area contributed by atoms with Gasteiger partial charge in [0.2, 0.25) is 5.78 Å². The van der Waals surface area contributed by atoms with Gasteiger partial charge in [0.1, 0.15) is 17.8 Å². The number of nitrogens with zero attached hydrogens (tertiary/aromatic N) is 2. The second kappa shape index (κ2) is 8.15. The van der Waals surface area contributed by atoms with Gasteiger partial charge in [0.25, 0.3) is 0 Å². The minimum Gasteiger partial charge on any atom is -0.513 e. The molecular weight excluding hydrogens is 353 g/mol. The largest absolute Gasteiger partial charge is 0.573 e. The van der Waals surface area contributed by atoms with E-state index < -0.39 is 17.9 Å². The highest BCUT2D eigenvalue weighted by Gasteiger charge is 2.30. The zero-order chi connectivity index (χ0) is 19.2. The Hall–Kier alpha value is -3.36. The molecule has 0 aliphatic heterocycles. The van der Waals surface area contributed by atoms with Crippen molar-refractivity contribution < 1.29 is 32.5 Å². The van der Waals surface area contributed by atoms with Gasteiger partial charge >= 0.3 is 6.36 Å². The van der Waals surface area contributed by atoms with Crippen molar-refractivity contribution in [2.45, 2.75) is 6.36 Å². The number of ketones is 1. The van der Waals surface area contributed by atoms with E-state index in [4.69, 9.17) is 4.74 Å². The van der Waals surface area contributed by atoms with E-state index in [0.29, 0.717) is 12.0 Å². The lowest BCUT2D eigenvalue weighted by Crippen LogP contribution is -2.16. The lowest BCUT2D eigenvalue weighted by Gasteiger charge is -2.08. The van der Waals surface area contributed by atoms with Gasteiger partial charge in [0.15, 0.2) is 5.70 Å². The second-order valence-electron chi connectivity index (χ2n) is 4.81. The van der Waals surface area contributed by atoms with Crippen molar-refractivity contribution in [2.75, 3.05) is 7.11 Å². The predicted molar refractivity (Wildman–Crippen MR) is 85.7 cm³/mol. The van der Waals surface area contributed by atoms with Gasteiger partial charge in [-0.1, -0.05) is 0 Å². The topological polar surface area (TPSA) is 80.5 Å². The molecule has 136 valence electrons. The number of halogens is 3. The Labute approximate surface area is 146 Å². The van der Waals surface area contributed by atoms with Crippen LogP contribution >= 0.6 is 0 Å². The number of alkyl halides is 3. The van der Waals surface area contributed by atoms with E-state index in [9.17, 15) is 23.1 Å². The summed E-state index contributed by atoms with van der Waals surface area (Å²) in [6.45, 7) is 0. The first kappa shape index (κ1) is 19.0. The summed E-state index contributed by atoms with van der Waals surface area (Å²) in [6, 6.07) is 10.7. The maximum atomic E-state index is 12.2.